The van der Waals surface area contributed by atoms with Gasteiger partial charge in [0, 0.05) is 45.4 Å². The Hall–Kier alpha value is -2.12. The molecule has 0 aromatic heterocycles. The lowest BCUT2D eigenvalue weighted by Crippen LogP contribution is -2.48. The minimum absolute atomic E-state index is 0.0534. The van der Waals surface area contributed by atoms with Gasteiger partial charge < -0.3 is 25.0 Å². The highest BCUT2D eigenvalue weighted by molar-refractivity contribution is 5.94. The van der Waals surface area contributed by atoms with Crippen molar-refractivity contribution in [2.24, 2.45) is 4.99 Å². The highest BCUT2D eigenvalue weighted by Gasteiger charge is 2.23. The zero-order valence-corrected chi connectivity index (χ0v) is 17.4. The van der Waals surface area contributed by atoms with E-state index in [9.17, 15) is 4.79 Å². The van der Waals surface area contributed by atoms with Crippen molar-refractivity contribution in [3.05, 3.63) is 35.9 Å². The molecule has 29 heavy (non-hydrogen) atoms. The maximum atomic E-state index is 12.1. The normalized spacial score (nSPS) is 21.1. The second-order valence-corrected chi connectivity index (χ2v) is 7.60. The van der Waals surface area contributed by atoms with Crippen molar-refractivity contribution in [2.45, 2.75) is 44.3 Å². The number of rotatable bonds is 7. The second kappa shape index (κ2) is 11.8. The summed E-state index contributed by atoms with van der Waals surface area (Å²) in [6.45, 7) is 4.63. The maximum absolute atomic E-state index is 12.1. The van der Waals surface area contributed by atoms with Crippen LogP contribution in [0.2, 0.25) is 0 Å². The number of aliphatic imine (C=N–C) groups is 1. The first-order valence-electron chi connectivity index (χ1n) is 10.8. The van der Waals surface area contributed by atoms with E-state index in [2.05, 4.69) is 20.5 Å². The number of ether oxygens (including phenoxy) is 2. The summed E-state index contributed by atoms with van der Waals surface area (Å²) in [6, 6.07) is 9.26. The molecule has 0 spiro atoms. The molecule has 0 saturated carbocycles. The van der Waals surface area contributed by atoms with Crippen molar-refractivity contribution in [1.29, 1.82) is 0 Å². The zero-order chi connectivity index (χ0) is 20.3. The molecular formula is C22H34N4O3. The molecule has 1 unspecified atom stereocenters. The second-order valence-electron chi connectivity index (χ2n) is 7.60. The third-order valence-electron chi connectivity index (χ3n) is 5.47. The van der Waals surface area contributed by atoms with Crippen molar-refractivity contribution in [3.8, 4) is 0 Å². The van der Waals surface area contributed by atoms with Gasteiger partial charge >= 0.3 is 0 Å². The van der Waals surface area contributed by atoms with Gasteiger partial charge in [0.25, 0.3) is 5.91 Å². The first-order valence-corrected chi connectivity index (χ1v) is 10.8. The van der Waals surface area contributed by atoms with Gasteiger partial charge in [0.1, 0.15) is 0 Å². The van der Waals surface area contributed by atoms with Crippen LogP contribution in [0, 0.1) is 0 Å². The van der Waals surface area contributed by atoms with E-state index in [0.717, 1.165) is 51.5 Å². The SMILES string of the molecule is CN=C(NCCNC(=O)c1ccccc1)N1CCC(OCC2CCCCO2)CC1. The number of piperidine rings is 1. The Kier molecular flexibility index (Phi) is 8.77. The molecule has 0 bridgehead atoms. The van der Waals surface area contributed by atoms with Crippen LogP contribution in [0.3, 0.4) is 0 Å². The predicted octanol–water partition coefficient (Wildman–Crippen LogP) is 2.04. The summed E-state index contributed by atoms with van der Waals surface area (Å²) in [7, 11) is 1.80. The number of hydrogen-bond donors (Lipinski definition) is 2. The van der Waals surface area contributed by atoms with Gasteiger partial charge in [-0.05, 0) is 44.2 Å². The average Bonchev–Trinajstić information content (AvgIpc) is 2.79. The first-order chi connectivity index (χ1) is 14.3. The van der Waals surface area contributed by atoms with Gasteiger partial charge in [-0.15, -0.1) is 0 Å². The van der Waals surface area contributed by atoms with Gasteiger partial charge in [0.2, 0.25) is 0 Å². The van der Waals surface area contributed by atoms with Gasteiger partial charge in [-0.2, -0.15) is 0 Å². The molecule has 3 rings (SSSR count). The number of carbonyl (C=O) groups is 1. The summed E-state index contributed by atoms with van der Waals surface area (Å²) in [5, 5.41) is 6.27. The lowest BCUT2D eigenvalue weighted by molar-refractivity contribution is -0.0721. The van der Waals surface area contributed by atoms with Gasteiger partial charge in [-0.25, -0.2) is 0 Å². The quantitative estimate of drug-likeness (QED) is 0.415. The first kappa shape index (κ1) is 21.6. The van der Waals surface area contributed by atoms with Crippen LogP contribution < -0.4 is 10.6 Å². The molecule has 2 aliphatic heterocycles. The number of likely N-dealkylation sites (tertiary alicyclic amines) is 1. The molecule has 2 heterocycles. The molecule has 2 N–H and O–H groups in total. The molecule has 1 amide bonds. The third kappa shape index (κ3) is 7.01. The Labute approximate surface area is 173 Å². The largest absolute Gasteiger partial charge is 0.376 e. The lowest BCUT2D eigenvalue weighted by atomic mass is 10.1. The molecule has 2 saturated heterocycles. The summed E-state index contributed by atoms with van der Waals surface area (Å²) >= 11 is 0. The van der Waals surface area contributed by atoms with E-state index in [1.807, 2.05) is 30.3 Å². The van der Waals surface area contributed by atoms with E-state index in [1.54, 1.807) is 7.05 Å². The molecule has 7 heteroatoms. The Morgan fingerprint density at radius 3 is 2.59 bits per heavy atom. The van der Waals surface area contributed by atoms with Crippen LogP contribution in [0.25, 0.3) is 0 Å². The summed E-state index contributed by atoms with van der Waals surface area (Å²) in [4.78, 5) is 18.7. The van der Waals surface area contributed by atoms with E-state index < -0.39 is 0 Å². The van der Waals surface area contributed by atoms with Crippen LogP contribution in [-0.4, -0.2) is 75.4 Å². The summed E-state index contributed by atoms with van der Waals surface area (Å²) < 4.78 is 11.8. The number of carbonyl (C=O) groups excluding carboxylic acids is 1. The molecule has 1 aromatic rings. The van der Waals surface area contributed by atoms with Gasteiger partial charge in [0.05, 0.1) is 18.8 Å². The minimum Gasteiger partial charge on any atom is -0.376 e. The highest BCUT2D eigenvalue weighted by atomic mass is 16.5. The molecule has 0 radical (unpaired) electrons. The lowest BCUT2D eigenvalue weighted by Gasteiger charge is -2.35. The number of benzene rings is 1. The number of guanidine groups is 1. The fourth-order valence-electron chi connectivity index (χ4n) is 3.79. The highest BCUT2D eigenvalue weighted by Crippen LogP contribution is 2.17. The third-order valence-corrected chi connectivity index (χ3v) is 5.47. The van der Waals surface area contributed by atoms with Gasteiger partial charge in [-0.1, -0.05) is 18.2 Å². The zero-order valence-electron chi connectivity index (χ0n) is 17.4. The van der Waals surface area contributed by atoms with Crippen LogP contribution >= 0.6 is 0 Å². The fourth-order valence-corrected chi connectivity index (χ4v) is 3.79. The van der Waals surface area contributed by atoms with E-state index in [4.69, 9.17) is 9.47 Å². The van der Waals surface area contributed by atoms with E-state index in [0.29, 0.717) is 24.8 Å². The topological polar surface area (TPSA) is 75.2 Å². The molecule has 0 aliphatic carbocycles. The van der Waals surface area contributed by atoms with Crippen molar-refractivity contribution in [1.82, 2.24) is 15.5 Å². The van der Waals surface area contributed by atoms with Crippen molar-refractivity contribution >= 4 is 11.9 Å². The Bertz CT molecular complexity index is 639. The number of amides is 1. The van der Waals surface area contributed by atoms with Crippen molar-refractivity contribution in [3.63, 3.8) is 0 Å². The molecule has 7 nitrogen and oxygen atoms in total. The number of nitrogens with one attached hydrogen (secondary N) is 2. The van der Waals surface area contributed by atoms with E-state index >= 15 is 0 Å². The Morgan fingerprint density at radius 1 is 1.14 bits per heavy atom. The molecule has 1 atom stereocenters. The van der Waals surface area contributed by atoms with Gasteiger partial charge in [-0.3, -0.25) is 9.79 Å². The average molecular weight is 403 g/mol. The molecule has 160 valence electrons. The van der Waals surface area contributed by atoms with Crippen LogP contribution in [0.4, 0.5) is 0 Å². The Balaban J connectivity index is 1.31. The fraction of sp³-hybridized carbons (Fsp3) is 0.636. The molecular weight excluding hydrogens is 368 g/mol. The van der Waals surface area contributed by atoms with Crippen LogP contribution in [0.5, 0.6) is 0 Å². The number of nitrogens with zero attached hydrogens (tertiary/aromatic N) is 2. The maximum Gasteiger partial charge on any atom is 0.251 e. The minimum atomic E-state index is -0.0534. The predicted molar refractivity (Wildman–Crippen MR) is 114 cm³/mol. The van der Waals surface area contributed by atoms with Crippen LogP contribution in [-0.2, 0) is 9.47 Å². The summed E-state index contributed by atoms with van der Waals surface area (Å²) in [6.07, 6.45) is 6.13. The van der Waals surface area contributed by atoms with Gasteiger partial charge in [0.15, 0.2) is 5.96 Å². The smallest absolute Gasteiger partial charge is 0.251 e. The molecule has 2 aliphatic rings. The monoisotopic (exact) mass is 402 g/mol. The van der Waals surface area contributed by atoms with Crippen LogP contribution in [0.15, 0.2) is 35.3 Å². The summed E-state index contributed by atoms with van der Waals surface area (Å²) in [5.41, 5.74) is 0.678. The van der Waals surface area contributed by atoms with Crippen LogP contribution in [0.1, 0.15) is 42.5 Å². The summed E-state index contributed by atoms with van der Waals surface area (Å²) in [5.74, 6) is 0.829. The standard InChI is InChI=1S/C22H34N4O3/c1-23-22(25-13-12-24-21(27)18-7-3-2-4-8-18)26-14-10-19(11-15-26)29-17-20-9-5-6-16-28-20/h2-4,7-8,19-20H,5-6,9-17H2,1H3,(H,23,25)(H,24,27). The van der Waals surface area contributed by atoms with E-state index in [1.165, 1.54) is 12.8 Å². The molecule has 2 fully saturated rings. The van der Waals surface area contributed by atoms with Crippen molar-refractivity contribution in [2.75, 3.05) is 46.4 Å². The molecule has 1 aromatic carbocycles. The Morgan fingerprint density at radius 2 is 1.90 bits per heavy atom. The number of hydrogen-bond acceptors (Lipinski definition) is 4. The van der Waals surface area contributed by atoms with Crippen molar-refractivity contribution < 1.29 is 14.3 Å². The van der Waals surface area contributed by atoms with E-state index in [-0.39, 0.29) is 12.0 Å².